The summed E-state index contributed by atoms with van der Waals surface area (Å²) in [5.41, 5.74) is 0. The first-order chi connectivity index (χ1) is 37.5. The Morgan fingerprint density at radius 3 is 1.05 bits per heavy atom. The van der Waals surface area contributed by atoms with E-state index >= 15 is 0 Å². The van der Waals surface area contributed by atoms with E-state index in [0.717, 1.165) is 51.4 Å². The number of carbonyl (C=O) groups is 2. The van der Waals surface area contributed by atoms with Crippen molar-refractivity contribution in [2.24, 2.45) is 0 Å². The fourth-order valence-electron chi connectivity index (χ4n) is 9.75. The van der Waals surface area contributed by atoms with Crippen molar-refractivity contribution >= 4 is 19.8 Å². The lowest BCUT2D eigenvalue weighted by Gasteiger charge is -2.24. The molecule has 0 fully saturated rings. The largest absolute Gasteiger partial charge is 0.472 e. The van der Waals surface area contributed by atoms with Crippen LogP contribution in [0.5, 0.6) is 0 Å². The van der Waals surface area contributed by atoms with Gasteiger partial charge in [0.15, 0.2) is 6.10 Å². The average molecular weight is 1110 g/mol. The van der Waals surface area contributed by atoms with Crippen molar-refractivity contribution in [1.29, 1.82) is 0 Å². The Kier molecular flexibility index (Phi) is 57.5. The zero-order chi connectivity index (χ0) is 56.3. The number of hydrogen-bond donors (Lipinski definition) is 1. The van der Waals surface area contributed by atoms with Crippen molar-refractivity contribution in [3.8, 4) is 0 Å². The first-order valence-corrected chi connectivity index (χ1v) is 34.7. The van der Waals surface area contributed by atoms with Gasteiger partial charge in [-0.05, 0) is 70.6 Å². The number of rotatable bonds is 62. The van der Waals surface area contributed by atoms with E-state index in [1.165, 1.54) is 244 Å². The van der Waals surface area contributed by atoms with Gasteiger partial charge >= 0.3 is 19.8 Å². The maximum Gasteiger partial charge on any atom is 0.472 e. The van der Waals surface area contributed by atoms with Gasteiger partial charge in [0.05, 0.1) is 27.7 Å². The summed E-state index contributed by atoms with van der Waals surface area (Å²) in [5.74, 6) is -0.791. The van der Waals surface area contributed by atoms with Crippen LogP contribution in [0.15, 0.2) is 36.5 Å². The van der Waals surface area contributed by atoms with Gasteiger partial charge in [0.2, 0.25) is 0 Å². The molecule has 77 heavy (non-hydrogen) atoms. The number of phosphoric ester groups is 1. The Balaban J connectivity index is 3.95. The Hall–Kier alpha value is -1.77. The zero-order valence-corrected chi connectivity index (χ0v) is 52.6. The minimum atomic E-state index is -4.39. The van der Waals surface area contributed by atoms with E-state index in [1.54, 1.807) is 0 Å². The third-order valence-corrected chi connectivity index (χ3v) is 15.9. The van der Waals surface area contributed by atoms with E-state index in [4.69, 9.17) is 18.5 Å². The molecule has 0 aliphatic rings. The lowest BCUT2D eigenvalue weighted by molar-refractivity contribution is -0.870. The predicted molar refractivity (Wildman–Crippen MR) is 330 cm³/mol. The lowest BCUT2D eigenvalue weighted by Crippen LogP contribution is -2.37. The van der Waals surface area contributed by atoms with Crippen molar-refractivity contribution in [2.45, 2.75) is 335 Å². The molecule has 0 amide bonds. The normalized spacial score (nSPS) is 13.4. The maximum atomic E-state index is 12.8. The van der Waals surface area contributed by atoms with Crippen molar-refractivity contribution < 1.29 is 42.1 Å². The van der Waals surface area contributed by atoms with Gasteiger partial charge in [-0.1, -0.05) is 281 Å². The first kappa shape index (κ1) is 75.2. The monoisotopic (exact) mass is 1110 g/mol. The van der Waals surface area contributed by atoms with E-state index in [1.807, 2.05) is 21.1 Å². The molecule has 0 bridgehead atoms. The van der Waals surface area contributed by atoms with Crippen molar-refractivity contribution in [1.82, 2.24) is 0 Å². The van der Waals surface area contributed by atoms with Crippen LogP contribution in [0.1, 0.15) is 328 Å². The average Bonchev–Trinajstić information content (AvgIpc) is 3.39. The number of carbonyl (C=O) groups excluding carboxylic acids is 2. The van der Waals surface area contributed by atoms with Crippen LogP contribution >= 0.6 is 7.82 Å². The number of likely N-dealkylation sites (N-methyl/N-ethyl adjacent to an activating group) is 1. The molecule has 0 aliphatic carbocycles. The van der Waals surface area contributed by atoms with E-state index in [0.29, 0.717) is 23.9 Å². The molecule has 2 unspecified atom stereocenters. The fourth-order valence-corrected chi connectivity index (χ4v) is 10.5. The highest BCUT2D eigenvalue weighted by Crippen LogP contribution is 2.43. The van der Waals surface area contributed by atoms with Crippen LogP contribution in [0.2, 0.25) is 0 Å². The Morgan fingerprint density at radius 2 is 0.701 bits per heavy atom. The summed E-state index contributed by atoms with van der Waals surface area (Å²) >= 11 is 0. The highest BCUT2D eigenvalue weighted by molar-refractivity contribution is 7.47. The SMILES string of the molecule is CCCCCC/C=C\C/C=C\CCCCCCCCCC(=O)OC(COC(=O)CCCCCCCCCCCCCCCCCCCCCCCCC/C=C\CCCCCCCCCC)COP(=O)(O)OCC[N+](C)(C)C. The third-order valence-electron chi connectivity index (χ3n) is 14.9. The van der Waals surface area contributed by atoms with Crippen LogP contribution in [0.3, 0.4) is 0 Å². The van der Waals surface area contributed by atoms with Gasteiger partial charge in [0, 0.05) is 12.8 Å². The number of allylic oxidation sites excluding steroid dienone is 6. The summed E-state index contributed by atoms with van der Waals surface area (Å²) < 4.78 is 34.6. The van der Waals surface area contributed by atoms with Gasteiger partial charge < -0.3 is 18.9 Å². The molecule has 0 aromatic heterocycles. The van der Waals surface area contributed by atoms with Crippen molar-refractivity contribution in [3.05, 3.63) is 36.5 Å². The second-order valence-corrected chi connectivity index (χ2v) is 25.3. The van der Waals surface area contributed by atoms with Gasteiger partial charge in [-0.2, -0.15) is 0 Å². The number of unbranched alkanes of at least 4 members (excludes halogenated alkanes) is 42. The minimum Gasteiger partial charge on any atom is -0.462 e. The molecule has 454 valence electrons. The maximum absolute atomic E-state index is 12.8. The summed E-state index contributed by atoms with van der Waals surface area (Å²) in [7, 11) is 1.48. The van der Waals surface area contributed by atoms with E-state index in [2.05, 4.69) is 50.3 Å². The van der Waals surface area contributed by atoms with Gasteiger partial charge in [0.1, 0.15) is 19.8 Å². The van der Waals surface area contributed by atoms with E-state index < -0.39 is 26.5 Å². The molecular weight excluding hydrogens is 978 g/mol. The van der Waals surface area contributed by atoms with Gasteiger partial charge in [-0.3, -0.25) is 18.6 Å². The molecule has 1 N–H and O–H groups in total. The van der Waals surface area contributed by atoms with E-state index in [9.17, 15) is 19.0 Å². The highest BCUT2D eigenvalue weighted by Gasteiger charge is 2.27. The van der Waals surface area contributed by atoms with Gasteiger partial charge in [-0.15, -0.1) is 0 Å². The van der Waals surface area contributed by atoms with Crippen LogP contribution in [-0.4, -0.2) is 74.9 Å². The third kappa shape index (κ3) is 63.3. The van der Waals surface area contributed by atoms with Crippen LogP contribution in [0.4, 0.5) is 0 Å². The van der Waals surface area contributed by atoms with Crippen molar-refractivity contribution in [3.63, 3.8) is 0 Å². The van der Waals surface area contributed by atoms with Gasteiger partial charge in [-0.25, -0.2) is 4.57 Å². The smallest absolute Gasteiger partial charge is 0.462 e. The molecule has 0 aromatic carbocycles. The molecule has 0 rings (SSSR count). The van der Waals surface area contributed by atoms with Gasteiger partial charge in [0.25, 0.3) is 0 Å². The second kappa shape index (κ2) is 58.9. The van der Waals surface area contributed by atoms with Crippen LogP contribution in [0.25, 0.3) is 0 Å². The van der Waals surface area contributed by atoms with Crippen molar-refractivity contribution in [2.75, 3.05) is 47.5 Å². The Morgan fingerprint density at radius 1 is 0.403 bits per heavy atom. The number of phosphoric acid groups is 1. The summed E-state index contributed by atoms with van der Waals surface area (Å²) in [6.45, 7) is 4.46. The molecule has 0 heterocycles. The Labute approximate surface area is 478 Å². The standard InChI is InChI=1S/C67H128NO8P/c1-6-8-10-12-14-16-18-20-22-24-26-27-28-29-30-31-32-33-34-35-36-37-38-39-40-41-42-44-45-47-49-51-53-55-57-59-66(69)73-63-65(64-75-77(71,72)74-62-61-68(3,4)5)76-67(70)60-58-56-54-52-50-48-46-43-25-23-21-19-17-15-13-11-9-7-2/h17,19,23-26,65H,6-16,18,20-22,27-64H2,1-5H3/p+1/b19-17-,25-23-,26-24-. The molecule has 0 saturated heterocycles. The summed E-state index contributed by atoms with van der Waals surface area (Å²) in [6.07, 6.45) is 74.0. The molecule has 0 aliphatic heterocycles. The summed E-state index contributed by atoms with van der Waals surface area (Å²) in [4.78, 5) is 35.7. The number of esters is 2. The topological polar surface area (TPSA) is 108 Å². The molecular formula is C67H129NO8P+. The predicted octanol–water partition coefficient (Wildman–Crippen LogP) is 21.1. The summed E-state index contributed by atoms with van der Waals surface area (Å²) in [6, 6.07) is 0. The van der Waals surface area contributed by atoms with Crippen LogP contribution in [-0.2, 0) is 32.7 Å². The van der Waals surface area contributed by atoms with E-state index in [-0.39, 0.29) is 25.6 Å². The molecule has 10 heteroatoms. The molecule has 0 radical (unpaired) electrons. The van der Waals surface area contributed by atoms with Crippen LogP contribution < -0.4 is 0 Å². The number of quaternary nitrogens is 1. The molecule has 0 aromatic rings. The Bertz CT molecular complexity index is 1390. The molecule has 0 saturated carbocycles. The molecule has 2 atom stereocenters. The fraction of sp³-hybridized carbons (Fsp3) is 0.881. The minimum absolute atomic E-state index is 0.0316. The number of nitrogens with zero attached hydrogens (tertiary/aromatic N) is 1. The molecule has 0 spiro atoms. The zero-order valence-electron chi connectivity index (χ0n) is 51.7. The van der Waals surface area contributed by atoms with Crippen LogP contribution in [0, 0.1) is 0 Å². The number of hydrogen-bond acceptors (Lipinski definition) is 7. The first-order valence-electron chi connectivity index (χ1n) is 33.2. The highest BCUT2D eigenvalue weighted by atomic mass is 31.2. The quantitative estimate of drug-likeness (QED) is 0.0211. The molecule has 9 nitrogen and oxygen atoms in total. The number of ether oxygens (including phenoxy) is 2. The second-order valence-electron chi connectivity index (χ2n) is 23.9. The summed E-state index contributed by atoms with van der Waals surface area (Å²) in [5, 5.41) is 0. The lowest BCUT2D eigenvalue weighted by atomic mass is 10.0.